The standard InChI is InChI=1S/C13H22N2O2/c1-9-3-2-6-14-12(9)13(16)15-7-10-4-5-11(8-15)17-10/h9-12,14H,2-8H2,1H3. The predicted octanol–water partition coefficient (Wildman–Crippen LogP) is 0.764. The van der Waals surface area contributed by atoms with Crippen molar-refractivity contribution in [3.05, 3.63) is 0 Å². The zero-order valence-corrected chi connectivity index (χ0v) is 10.5. The molecule has 0 spiro atoms. The smallest absolute Gasteiger partial charge is 0.240 e. The molecular formula is C13H22N2O2. The van der Waals surface area contributed by atoms with E-state index in [-0.39, 0.29) is 6.04 Å². The van der Waals surface area contributed by atoms with Crippen molar-refractivity contribution in [2.45, 2.75) is 50.9 Å². The highest BCUT2D eigenvalue weighted by Gasteiger charge is 2.39. The molecule has 4 unspecified atom stereocenters. The van der Waals surface area contributed by atoms with E-state index in [4.69, 9.17) is 4.74 Å². The number of nitrogens with one attached hydrogen (secondary N) is 1. The molecule has 0 aromatic heterocycles. The SMILES string of the molecule is CC1CCCNC1C(=O)N1CC2CCC(C1)O2. The first-order chi connectivity index (χ1) is 8.24. The monoisotopic (exact) mass is 238 g/mol. The minimum Gasteiger partial charge on any atom is -0.371 e. The van der Waals surface area contributed by atoms with Gasteiger partial charge < -0.3 is 15.0 Å². The summed E-state index contributed by atoms with van der Waals surface area (Å²) in [6.07, 6.45) is 5.22. The van der Waals surface area contributed by atoms with Crippen molar-refractivity contribution in [3.8, 4) is 0 Å². The van der Waals surface area contributed by atoms with E-state index in [0.29, 0.717) is 24.0 Å². The maximum Gasteiger partial charge on any atom is 0.240 e. The van der Waals surface area contributed by atoms with Crippen LogP contribution in [0, 0.1) is 5.92 Å². The predicted molar refractivity (Wildman–Crippen MR) is 64.7 cm³/mol. The number of hydrogen-bond donors (Lipinski definition) is 1. The van der Waals surface area contributed by atoms with Gasteiger partial charge in [0, 0.05) is 13.1 Å². The average molecular weight is 238 g/mol. The van der Waals surface area contributed by atoms with Crippen LogP contribution in [0.3, 0.4) is 0 Å². The Balaban J connectivity index is 1.65. The van der Waals surface area contributed by atoms with Crippen LogP contribution in [0.5, 0.6) is 0 Å². The van der Waals surface area contributed by atoms with Gasteiger partial charge in [-0.05, 0) is 38.1 Å². The Morgan fingerprint density at radius 2 is 1.94 bits per heavy atom. The Hall–Kier alpha value is -0.610. The molecule has 3 saturated heterocycles. The van der Waals surface area contributed by atoms with E-state index in [2.05, 4.69) is 12.2 Å². The van der Waals surface area contributed by atoms with E-state index in [9.17, 15) is 4.79 Å². The zero-order chi connectivity index (χ0) is 11.8. The van der Waals surface area contributed by atoms with Crippen LogP contribution in [0.25, 0.3) is 0 Å². The topological polar surface area (TPSA) is 41.6 Å². The summed E-state index contributed by atoms with van der Waals surface area (Å²) in [6.45, 7) is 4.78. The number of carbonyl (C=O) groups is 1. The molecule has 0 radical (unpaired) electrons. The van der Waals surface area contributed by atoms with Gasteiger partial charge in [0.05, 0.1) is 18.2 Å². The first-order valence-electron chi connectivity index (χ1n) is 6.91. The lowest BCUT2D eigenvalue weighted by Crippen LogP contribution is -2.56. The largest absolute Gasteiger partial charge is 0.371 e. The van der Waals surface area contributed by atoms with Crippen molar-refractivity contribution in [1.29, 1.82) is 0 Å². The number of ether oxygens (including phenoxy) is 1. The molecule has 3 rings (SSSR count). The first-order valence-corrected chi connectivity index (χ1v) is 6.91. The van der Waals surface area contributed by atoms with Crippen LogP contribution in [-0.2, 0) is 9.53 Å². The third-order valence-corrected chi connectivity index (χ3v) is 4.39. The van der Waals surface area contributed by atoms with Crippen molar-refractivity contribution >= 4 is 5.91 Å². The molecule has 4 nitrogen and oxygen atoms in total. The summed E-state index contributed by atoms with van der Waals surface area (Å²) >= 11 is 0. The number of piperidine rings is 1. The van der Waals surface area contributed by atoms with Gasteiger partial charge in [0.1, 0.15) is 0 Å². The maximum atomic E-state index is 12.5. The van der Waals surface area contributed by atoms with Gasteiger partial charge in [-0.2, -0.15) is 0 Å². The van der Waals surface area contributed by atoms with Gasteiger partial charge in [-0.1, -0.05) is 6.92 Å². The molecule has 17 heavy (non-hydrogen) atoms. The van der Waals surface area contributed by atoms with Gasteiger partial charge in [-0.25, -0.2) is 0 Å². The summed E-state index contributed by atoms with van der Waals surface area (Å²) in [5.41, 5.74) is 0. The summed E-state index contributed by atoms with van der Waals surface area (Å²) < 4.78 is 5.78. The molecule has 3 aliphatic heterocycles. The third-order valence-electron chi connectivity index (χ3n) is 4.39. The third kappa shape index (κ3) is 2.20. The molecule has 3 heterocycles. The number of morpholine rings is 1. The Kier molecular flexibility index (Phi) is 3.09. The second-order valence-electron chi connectivity index (χ2n) is 5.75. The van der Waals surface area contributed by atoms with E-state index in [1.165, 1.54) is 12.8 Å². The van der Waals surface area contributed by atoms with Crippen LogP contribution in [-0.4, -0.2) is 48.7 Å². The molecule has 2 bridgehead atoms. The normalized spacial score (nSPS) is 41.6. The van der Waals surface area contributed by atoms with Gasteiger partial charge in [0.2, 0.25) is 5.91 Å². The maximum absolute atomic E-state index is 12.5. The van der Waals surface area contributed by atoms with Gasteiger partial charge in [0.25, 0.3) is 0 Å². The lowest BCUT2D eigenvalue weighted by Gasteiger charge is -2.37. The molecule has 4 heteroatoms. The molecule has 3 fully saturated rings. The van der Waals surface area contributed by atoms with Crippen LogP contribution in [0.4, 0.5) is 0 Å². The molecule has 4 atom stereocenters. The summed E-state index contributed by atoms with van der Waals surface area (Å²) in [4.78, 5) is 14.5. The highest BCUT2D eigenvalue weighted by atomic mass is 16.5. The zero-order valence-electron chi connectivity index (χ0n) is 10.5. The fraction of sp³-hybridized carbons (Fsp3) is 0.923. The van der Waals surface area contributed by atoms with Crippen LogP contribution >= 0.6 is 0 Å². The molecule has 0 saturated carbocycles. The number of likely N-dealkylation sites (tertiary alicyclic amines) is 1. The Bertz CT molecular complexity index is 296. The Labute approximate surface area is 103 Å². The first kappa shape index (κ1) is 11.5. The van der Waals surface area contributed by atoms with Gasteiger partial charge in [-0.15, -0.1) is 0 Å². The van der Waals surface area contributed by atoms with Crippen LogP contribution < -0.4 is 5.32 Å². The van der Waals surface area contributed by atoms with Crippen LogP contribution in [0.1, 0.15) is 32.6 Å². The second kappa shape index (κ2) is 4.58. The fourth-order valence-electron chi connectivity index (χ4n) is 3.37. The summed E-state index contributed by atoms with van der Waals surface area (Å²) in [7, 11) is 0. The lowest BCUT2D eigenvalue weighted by molar-refractivity contribution is -0.143. The Morgan fingerprint density at radius 3 is 2.59 bits per heavy atom. The summed E-state index contributed by atoms with van der Waals surface area (Å²) in [5, 5.41) is 3.38. The summed E-state index contributed by atoms with van der Waals surface area (Å²) in [5.74, 6) is 0.772. The van der Waals surface area contributed by atoms with Crippen molar-refractivity contribution in [2.24, 2.45) is 5.92 Å². The second-order valence-corrected chi connectivity index (χ2v) is 5.75. The highest BCUT2D eigenvalue weighted by Crippen LogP contribution is 2.27. The molecule has 0 aromatic rings. The Morgan fingerprint density at radius 1 is 1.24 bits per heavy atom. The van der Waals surface area contributed by atoms with E-state index in [1.54, 1.807) is 0 Å². The molecule has 3 aliphatic rings. The van der Waals surface area contributed by atoms with E-state index >= 15 is 0 Å². The van der Waals surface area contributed by atoms with E-state index in [0.717, 1.165) is 32.5 Å². The number of hydrogen-bond acceptors (Lipinski definition) is 3. The fourth-order valence-corrected chi connectivity index (χ4v) is 3.37. The van der Waals surface area contributed by atoms with Gasteiger partial charge in [0.15, 0.2) is 0 Å². The van der Waals surface area contributed by atoms with Gasteiger partial charge in [-0.3, -0.25) is 4.79 Å². The minimum atomic E-state index is 0.0428. The highest BCUT2D eigenvalue weighted by molar-refractivity contribution is 5.82. The number of amides is 1. The van der Waals surface area contributed by atoms with Crippen LogP contribution in [0.15, 0.2) is 0 Å². The van der Waals surface area contributed by atoms with Gasteiger partial charge >= 0.3 is 0 Å². The number of nitrogens with zero attached hydrogens (tertiary/aromatic N) is 1. The minimum absolute atomic E-state index is 0.0428. The quantitative estimate of drug-likeness (QED) is 0.733. The number of fused-ring (bicyclic) bond motifs is 2. The van der Waals surface area contributed by atoms with Crippen molar-refractivity contribution in [1.82, 2.24) is 10.2 Å². The molecular weight excluding hydrogens is 216 g/mol. The van der Waals surface area contributed by atoms with Crippen LogP contribution in [0.2, 0.25) is 0 Å². The average Bonchev–Trinajstić information content (AvgIpc) is 2.68. The number of carbonyl (C=O) groups excluding carboxylic acids is 1. The molecule has 0 aromatic carbocycles. The van der Waals surface area contributed by atoms with Crippen molar-refractivity contribution < 1.29 is 9.53 Å². The lowest BCUT2D eigenvalue weighted by atomic mass is 9.91. The summed E-state index contributed by atoms with van der Waals surface area (Å²) in [6, 6.07) is 0.0428. The molecule has 96 valence electrons. The van der Waals surface area contributed by atoms with E-state index in [1.807, 2.05) is 4.90 Å². The van der Waals surface area contributed by atoms with Crippen molar-refractivity contribution in [3.63, 3.8) is 0 Å². The molecule has 1 N–H and O–H groups in total. The molecule has 1 amide bonds. The number of rotatable bonds is 1. The van der Waals surface area contributed by atoms with Crippen molar-refractivity contribution in [2.75, 3.05) is 19.6 Å². The van der Waals surface area contributed by atoms with E-state index < -0.39 is 0 Å². The molecule has 0 aliphatic carbocycles.